The summed E-state index contributed by atoms with van der Waals surface area (Å²) in [6, 6.07) is 5.89. The SMILES string of the molecule is c1cc2cn[nH]c2cc1-c1cnon1. The van der Waals surface area contributed by atoms with Crippen LogP contribution in [0.2, 0.25) is 0 Å². The van der Waals surface area contributed by atoms with E-state index in [0.717, 1.165) is 22.2 Å². The topological polar surface area (TPSA) is 67.6 Å². The van der Waals surface area contributed by atoms with E-state index >= 15 is 0 Å². The first-order valence-electron chi connectivity index (χ1n) is 4.14. The largest absolute Gasteiger partial charge is 0.278 e. The van der Waals surface area contributed by atoms with Crippen molar-refractivity contribution >= 4 is 10.9 Å². The van der Waals surface area contributed by atoms with E-state index in [1.807, 2.05) is 18.2 Å². The quantitative estimate of drug-likeness (QED) is 0.626. The number of nitrogens with zero attached hydrogens (tertiary/aromatic N) is 3. The number of hydrogen-bond acceptors (Lipinski definition) is 4. The molecule has 0 aliphatic rings. The summed E-state index contributed by atoms with van der Waals surface area (Å²) in [5.41, 5.74) is 2.66. The maximum absolute atomic E-state index is 4.54. The van der Waals surface area contributed by atoms with Crippen molar-refractivity contribution < 1.29 is 4.63 Å². The monoisotopic (exact) mass is 186 g/mol. The average molecular weight is 186 g/mol. The molecule has 1 aromatic carbocycles. The second-order valence-corrected chi connectivity index (χ2v) is 2.96. The number of fused-ring (bicyclic) bond motifs is 1. The average Bonchev–Trinajstić information content (AvgIpc) is 2.88. The first kappa shape index (κ1) is 7.25. The Morgan fingerprint density at radius 3 is 3.07 bits per heavy atom. The van der Waals surface area contributed by atoms with Crippen LogP contribution in [0.15, 0.2) is 35.2 Å². The van der Waals surface area contributed by atoms with E-state index in [1.165, 1.54) is 0 Å². The summed E-state index contributed by atoms with van der Waals surface area (Å²) in [5, 5.41) is 15.2. The predicted molar refractivity (Wildman–Crippen MR) is 49.4 cm³/mol. The van der Waals surface area contributed by atoms with Crippen LogP contribution in [0.5, 0.6) is 0 Å². The van der Waals surface area contributed by atoms with Gasteiger partial charge in [-0.15, -0.1) is 0 Å². The smallest absolute Gasteiger partial charge is 0.135 e. The summed E-state index contributed by atoms with van der Waals surface area (Å²) < 4.78 is 4.54. The zero-order valence-corrected chi connectivity index (χ0v) is 7.14. The zero-order valence-electron chi connectivity index (χ0n) is 7.14. The molecule has 0 radical (unpaired) electrons. The van der Waals surface area contributed by atoms with Crippen molar-refractivity contribution in [1.29, 1.82) is 0 Å². The van der Waals surface area contributed by atoms with Crippen LogP contribution in [-0.2, 0) is 0 Å². The lowest BCUT2D eigenvalue weighted by atomic mass is 10.1. The Kier molecular flexibility index (Phi) is 1.38. The molecule has 0 unspecified atom stereocenters. The third-order valence-corrected chi connectivity index (χ3v) is 2.10. The molecule has 0 aliphatic carbocycles. The van der Waals surface area contributed by atoms with Gasteiger partial charge in [0.25, 0.3) is 0 Å². The second-order valence-electron chi connectivity index (χ2n) is 2.96. The molecule has 3 aromatic rings. The minimum absolute atomic E-state index is 0.724. The number of benzene rings is 1. The van der Waals surface area contributed by atoms with Gasteiger partial charge >= 0.3 is 0 Å². The predicted octanol–water partition coefficient (Wildman–Crippen LogP) is 1.61. The molecule has 1 N–H and O–H groups in total. The van der Waals surface area contributed by atoms with Crippen molar-refractivity contribution in [3.63, 3.8) is 0 Å². The van der Waals surface area contributed by atoms with Gasteiger partial charge in [-0.2, -0.15) is 5.10 Å². The second kappa shape index (κ2) is 2.66. The van der Waals surface area contributed by atoms with E-state index in [2.05, 4.69) is 25.1 Å². The fourth-order valence-electron chi connectivity index (χ4n) is 1.39. The molecule has 14 heavy (non-hydrogen) atoms. The first-order chi connectivity index (χ1) is 6.93. The van der Waals surface area contributed by atoms with Crippen LogP contribution in [0, 0.1) is 0 Å². The van der Waals surface area contributed by atoms with E-state index in [-0.39, 0.29) is 0 Å². The summed E-state index contributed by atoms with van der Waals surface area (Å²) in [6.45, 7) is 0. The highest BCUT2D eigenvalue weighted by Gasteiger charge is 2.03. The highest BCUT2D eigenvalue weighted by Crippen LogP contribution is 2.20. The molecule has 0 saturated heterocycles. The molecular weight excluding hydrogens is 180 g/mol. The van der Waals surface area contributed by atoms with Crippen molar-refractivity contribution in [2.45, 2.75) is 0 Å². The van der Waals surface area contributed by atoms with E-state index in [1.54, 1.807) is 12.4 Å². The van der Waals surface area contributed by atoms with E-state index in [9.17, 15) is 0 Å². The normalized spacial score (nSPS) is 10.9. The van der Waals surface area contributed by atoms with Gasteiger partial charge in [0.15, 0.2) is 0 Å². The number of nitrogens with one attached hydrogen (secondary N) is 1. The van der Waals surface area contributed by atoms with Crippen molar-refractivity contribution in [3.8, 4) is 11.3 Å². The van der Waals surface area contributed by atoms with E-state index in [0.29, 0.717) is 0 Å². The Morgan fingerprint density at radius 2 is 2.21 bits per heavy atom. The minimum Gasteiger partial charge on any atom is -0.278 e. The maximum Gasteiger partial charge on any atom is 0.135 e. The third-order valence-electron chi connectivity index (χ3n) is 2.10. The molecule has 0 atom stereocenters. The molecule has 3 rings (SSSR count). The molecule has 2 heterocycles. The van der Waals surface area contributed by atoms with Crippen molar-refractivity contribution in [3.05, 3.63) is 30.6 Å². The van der Waals surface area contributed by atoms with Crippen LogP contribution >= 0.6 is 0 Å². The zero-order chi connectivity index (χ0) is 9.38. The molecule has 0 spiro atoms. The van der Waals surface area contributed by atoms with Gasteiger partial charge in [-0.05, 0) is 11.2 Å². The lowest BCUT2D eigenvalue weighted by Gasteiger charge is -1.93. The molecule has 5 heteroatoms. The molecule has 0 aliphatic heterocycles. The van der Waals surface area contributed by atoms with Crippen molar-refractivity contribution in [2.24, 2.45) is 0 Å². The third kappa shape index (κ3) is 0.990. The van der Waals surface area contributed by atoms with E-state index < -0.39 is 0 Å². The highest BCUT2D eigenvalue weighted by atomic mass is 16.6. The van der Waals surface area contributed by atoms with E-state index in [4.69, 9.17) is 0 Å². The summed E-state index contributed by atoms with van der Waals surface area (Å²) in [4.78, 5) is 0. The molecule has 0 amide bonds. The van der Waals surface area contributed by atoms with Crippen LogP contribution in [0.3, 0.4) is 0 Å². The van der Waals surface area contributed by atoms with Gasteiger partial charge in [-0.25, -0.2) is 4.63 Å². The van der Waals surface area contributed by atoms with Crippen molar-refractivity contribution in [2.75, 3.05) is 0 Å². The lowest BCUT2D eigenvalue weighted by molar-refractivity contribution is 0.308. The van der Waals surface area contributed by atoms with Crippen LogP contribution < -0.4 is 0 Å². The summed E-state index contributed by atoms with van der Waals surface area (Å²) in [7, 11) is 0. The van der Waals surface area contributed by atoms with Gasteiger partial charge in [0, 0.05) is 10.9 Å². The van der Waals surface area contributed by atoms with Crippen LogP contribution in [-0.4, -0.2) is 20.5 Å². The molecule has 5 nitrogen and oxygen atoms in total. The Bertz CT molecular complexity index is 555. The Balaban J connectivity index is 2.23. The molecule has 0 bridgehead atoms. The summed E-state index contributed by atoms with van der Waals surface area (Å²) in [6.07, 6.45) is 3.36. The fraction of sp³-hybridized carbons (Fsp3) is 0. The van der Waals surface area contributed by atoms with Gasteiger partial charge in [-0.3, -0.25) is 5.10 Å². The van der Waals surface area contributed by atoms with Gasteiger partial charge in [0.05, 0.1) is 17.9 Å². The Morgan fingerprint density at radius 1 is 1.21 bits per heavy atom. The highest BCUT2D eigenvalue weighted by molar-refractivity contribution is 5.82. The number of aromatic nitrogens is 4. The van der Waals surface area contributed by atoms with Crippen LogP contribution in [0.25, 0.3) is 22.2 Å². The number of aromatic amines is 1. The number of H-pyrrole nitrogens is 1. The van der Waals surface area contributed by atoms with Gasteiger partial charge < -0.3 is 0 Å². The summed E-state index contributed by atoms with van der Waals surface area (Å²) >= 11 is 0. The van der Waals surface area contributed by atoms with Crippen molar-refractivity contribution in [1.82, 2.24) is 20.5 Å². The van der Waals surface area contributed by atoms with Crippen LogP contribution in [0.4, 0.5) is 0 Å². The molecule has 2 aromatic heterocycles. The number of hydrogen-bond donors (Lipinski definition) is 1. The number of rotatable bonds is 1. The first-order valence-corrected chi connectivity index (χ1v) is 4.14. The summed E-state index contributed by atoms with van der Waals surface area (Å²) in [5.74, 6) is 0. The standard InChI is InChI=1S/C9H6N4O/c1-2-7-4-10-12-8(7)3-6(1)9-5-11-14-13-9/h1-5H,(H,10,12). The maximum atomic E-state index is 4.54. The molecule has 0 saturated carbocycles. The lowest BCUT2D eigenvalue weighted by Crippen LogP contribution is -1.77. The van der Waals surface area contributed by atoms with Gasteiger partial charge in [-0.1, -0.05) is 17.3 Å². The molecule has 68 valence electrons. The van der Waals surface area contributed by atoms with Crippen LogP contribution in [0.1, 0.15) is 0 Å². The molecular formula is C9H6N4O. The van der Waals surface area contributed by atoms with Gasteiger partial charge in [0.1, 0.15) is 5.69 Å². The Labute approximate surface area is 78.7 Å². The minimum atomic E-state index is 0.724. The fourth-order valence-corrected chi connectivity index (χ4v) is 1.39. The van der Waals surface area contributed by atoms with Gasteiger partial charge in [0.2, 0.25) is 0 Å². The Hall–Kier alpha value is -2.17. The molecule has 0 fully saturated rings.